The molecule has 2 N–H and O–H groups in total. The van der Waals surface area contributed by atoms with Gasteiger partial charge in [0.2, 0.25) is 0 Å². The van der Waals surface area contributed by atoms with Gasteiger partial charge in [0, 0.05) is 37.6 Å². The lowest BCUT2D eigenvalue weighted by Gasteiger charge is -2.23. The monoisotopic (exact) mass is 399 g/mol. The number of hydrogen-bond acceptors (Lipinski definition) is 5. The third-order valence-corrected chi connectivity index (χ3v) is 4.96. The van der Waals surface area contributed by atoms with Crippen LogP contribution in [0.3, 0.4) is 0 Å². The van der Waals surface area contributed by atoms with Gasteiger partial charge in [-0.2, -0.15) is 0 Å². The van der Waals surface area contributed by atoms with Gasteiger partial charge >= 0.3 is 5.97 Å². The summed E-state index contributed by atoms with van der Waals surface area (Å²) in [6.07, 6.45) is 3.52. The Hall–Kier alpha value is -3.77. The van der Waals surface area contributed by atoms with Crippen molar-refractivity contribution in [2.75, 3.05) is 0 Å². The summed E-state index contributed by atoms with van der Waals surface area (Å²) in [6.45, 7) is 1.63. The van der Waals surface area contributed by atoms with E-state index in [0.717, 1.165) is 27.7 Å². The highest BCUT2D eigenvalue weighted by Crippen LogP contribution is 2.30. The number of pyridine rings is 2. The van der Waals surface area contributed by atoms with Crippen molar-refractivity contribution in [3.05, 3.63) is 102 Å². The van der Waals surface area contributed by atoms with Crippen LogP contribution in [0, 0.1) is 0 Å². The molecular weight excluding hydrogens is 378 g/mol. The molecule has 0 atom stereocenters. The molecule has 0 unspecified atom stereocenters. The van der Waals surface area contributed by atoms with Gasteiger partial charge in [0.1, 0.15) is 5.75 Å². The van der Waals surface area contributed by atoms with E-state index in [1.54, 1.807) is 42.7 Å². The van der Waals surface area contributed by atoms with Gasteiger partial charge in [-0.3, -0.25) is 14.9 Å². The highest BCUT2D eigenvalue weighted by Gasteiger charge is 2.15. The predicted molar refractivity (Wildman–Crippen MR) is 114 cm³/mol. The maximum atomic E-state index is 11.3. The largest absolute Gasteiger partial charge is 0.508 e. The molecule has 4 rings (SSSR count). The molecule has 0 saturated heterocycles. The number of carboxylic acids is 1. The summed E-state index contributed by atoms with van der Waals surface area (Å²) < 4.78 is 0. The number of aromatic nitrogens is 2. The minimum atomic E-state index is -0.974. The smallest absolute Gasteiger partial charge is 0.335 e. The van der Waals surface area contributed by atoms with E-state index >= 15 is 0 Å². The fourth-order valence-corrected chi connectivity index (χ4v) is 3.51. The van der Waals surface area contributed by atoms with Crippen LogP contribution in [-0.2, 0) is 19.6 Å². The highest BCUT2D eigenvalue weighted by molar-refractivity contribution is 5.96. The molecule has 0 saturated carbocycles. The van der Waals surface area contributed by atoms with Gasteiger partial charge in [-0.1, -0.05) is 24.3 Å². The van der Waals surface area contributed by atoms with E-state index < -0.39 is 5.97 Å². The zero-order valence-electron chi connectivity index (χ0n) is 16.3. The van der Waals surface area contributed by atoms with Crippen molar-refractivity contribution in [1.29, 1.82) is 0 Å². The number of nitrogens with zero attached hydrogens (tertiary/aromatic N) is 3. The van der Waals surface area contributed by atoms with Crippen molar-refractivity contribution in [2.45, 2.75) is 19.6 Å². The predicted octanol–water partition coefficient (Wildman–Crippen LogP) is 4.24. The summed E-state index contributed by atoms with van der Waals surface area (Å²) in [6, 6.07) is 19.9. The first-order valence-electron chi connectivity index (χ1n) is 9.60. The first kappa shape index (κ1) is 19.5. The zero-order chi connectivity index (χ0) is 20.9. The lowest BCUT2D eigenvalue weighted by Crippen LogP contribution is -2.23. The fourth-order valence-electron chi connectivity index (χ4n) is 3.51. The molecule has 2 heterocycles. The van der Waals surface area contributed by atoms with Crippen LogP contribution < -0.4 is 0 Å². The lowest BCUT2D eigenvalue weighted by molar-refractivity contribution is 0.0697. The van der Waals surface area contributed by atoms with E-state index in [1.807, 2.05) is 36.4 Å². The number of phenolic OH excluding ortho intramolecular Hbond substituents is 1. The van der Waals surface area contributed by atoms with Crippen molar-refractivity contribution in [2.24, 2.45) is 0 Å². The number of carboxylic acid groups (broad SMARTS) is 1. The minimum absolute atomic E-state index is 0.178. The maximum Gasteiger partial charge on any atom is 0.335 e. The topological polar surface area (TPSA) is 86.5 Å². The third-order valence-electron chi connectivity index (χ3n) is 4.96. The molecule has 30 heavy (non-hydrogen) atoms. The number of rotatable bonds is 7. The van der Waals surface area contributed by atoms with Gasteiger partial charge in [0.15, 0.2) is 0 Å². The highest BCUT2D eigenvalue weighted by atomic mass is 16.4. The van der Waals surface area contributed by atoms with Crippen molar-refractivity contribution in [3.63, 3.8) is 0 Å². The summed E-state index contributed by atoms with van der Waals surface area (Å²) in [5.41, 5.74) is 2.80. The van der Waals surface area contributed by atoms with Gasteiger partial charge in [-0.15, -0.1) is 0 Å². The molecule has 2 aromatic carbocycles. The van der Waals surface area contributed by atoms with E-state index in [1.165, 1.54) is 0 Å². The number of phenols is 1. The molecule has 0 amide bonds. The van der Waals surface area contributed by atoms with Gasteiger partial charge < -0.3 is 10.2 Å². The number of aromatic hydroxyl groups is 1. The Bertz CT molecular complexity index is 1120. The van der Waals surface area contributed by atoms with E-state index in [-0.39, 0.29) is 11.3 Å². The summed E-state index contributed by atoms with van der Waals surface area (Å²) in [4.78, 5) is 22.3. The van der Waals surface area contributed by atoms with E-state index in [4.69, 9.17) is 0 Å². The van der Waals surface area contributed by atoms with Gasteiger partial charge in [-0.05, 0) is 53.2 Å². The summed E-state index contributed by atoms with van der Waals surface area (Å²) in [5, 5.41) is 21.5. The Morgan fingerprint density at radius 3 is 2.07 bits per heavy atom. The fraction of sp³-hybridized carbons (Fsp3) is 0.125. The second-order valence-corrected chi connectivity index (χ2v) is 7.09. The Balaban J connectivity index is 1.70. The first-order valence-corrected chi connectivity index (χ1v) is 9.60. The average Bonchev–Trinajstić information content (AvgIpc) is 2.76. The summed E-state index contributed by atoms with van der Waals surface area (Å²) in [7, 11) is 0. The molecule has 0 spiro atoms. The normalized spacial score (nSPS) is 11.1. The quantitative estimate of drug-likeness (QED) is 0.483. The Labute approximate surface area is 174 Å². The Morgan fingerprint density at radius 2 is 1.50 bits per heavy atom. The average molecular weight is 399 g/mol. The molecule has 0 fully saturated rings. The van der Waals surface area contributed by atoms with Gasteiger partial charge in [0.05, 0.1) is 17.0 Å². The van der Waals surface area contributed by atoms with Crippen LogP contribution >= 0.6 is 0 Å². The molecule has 4 aromatic rings. The Kier molecular flexibility index (Phi) is 5.68. The first-order chi connectivity index (χ1) is 14.6. The molecule has 6 nitrogen and oxygen atoms in total. The van der Waals surface area contributed by atoms with Crippen molar-refractivity contribution < 1.29 is 15.0 Å². The van der Waals surface area contributed by atoms with Crippen molar-refractivity contribution in [1.82, 2.24) is 14.9 Å². The zero-order valence-corrected chi connectivity index (χ0v) is 16.3. The third kappa shape index (κ3) is 4.45. The Morgan fingerprint density at radius 1 is 0.833 bits per heavy atom. The number of benzene rings is 2. The summed E-state index contributed by atoms with van der Waals surface area (Å²) in [5.74, 6) is -0.795. The van der Waals surface area contributed by atoms with Crippen LogP contribution in [0.2, 0.25) is 0 Å². The molecule has 0 aliphatic heterocycles. The van der Waals surface area contributed by atoms with Crippen LogP contribution in [0.5, 0.6) is 5.75 Å². The van der Waals surface area contributed by atoms with Crippen LogP contribution in [0.4, 0.5) is 0 Å². The van der Waals surface area contributed by atoms with Gasteiger partial charge in [-0.25, -0.2) is 4.79 Å². The molecule has 6 heteroatoms. The number of carbonyl (C=O) groups is 1. The van der Waals surface area contributed by atoms with Crippen molar-refractivity contribution >= 4 is 16.7 Å². The molecule has 0 aliphatic rings. The van der Waals surface area contributed by atoms with Crippen LogP contribution in [0.1, 0.15) is 27.3 Å². The van der Waals surface area contributed by atoms with Crippen molar-refractivity contribution in [3.8, 4) is 5.75 Å². The SMILES string of the molecule is O=C(O)c1ccc2c(CN(Cc3ccccn3)Cc3ccccn3)c(O)ccc2c1. The van der Waals surface area contributed by atoms with Crippen LogP contribution in [0.25, 0.3) is 10.8 Å². The molecule has 0 radical (unpaired) electrons. The second-order valence-electron chi connectivity index (χ2n) is 7.09. The van der Waals surface area contributed by atoms with E-state index in [9.17, 15) is 15.0 Å². The standard InChI is InChI=1S/C24H21N3O3/c28-23-10-8-17-13-18(24(29)30)7-9-21(17)22(23)16-27(14-19-5-1-3-11-25-19)15-20-6-2-4-12-26-20/h1-13,28H,14-16H2,(H,29,30). The summed E-state index contributed by atoms with van der Waals surface area (Å²) >= 11 is 0. The molecule has 0 bridgehead atoms. The molecule has 2 aromatic heterocycles. The second kappa shape index (κ2) is 8.71. The van der Waals surface area contributed by atoms with Gasteiger partial charge in [0.25, 0.3) is 0 Å². The molecule has 150 valence electrons. The molecule has 0 aliphatic carbocycles. The number of hydrogen-bond donors (Lipinski definition) is 2. The van der Waals surface area contributed by atoms with Crippen LogP contribution in [0.15, 0.2) is 79.1 Å². The molecular formula is C24H21N3O3. The van der Waals surface area contributed by atoms with E-state index in [0.29, 0.717) is 19.6 Å². The lowest BCUT2D eigenvalue weighted by atomic mass is 10.0. The maximum absolute atomic E-state index is 11.3. The number of fused-ring (bicyclic) bond motifs is 1. The number of aromatic carboxylic acids is 1. The minimum Gasteiger partial charge on any atom is -0.508 e. The van der Waals surface area contributed by atoms with E-state index in [2.05, 4.69) is 14.9 Å². The van der Waals surface area contributed by atoms with Crippen LogP contribution in [-0.4, -0.2) is 31.1 Å².